The summed E-state index contributed by atoms with van der Waals surface area (Å²) in [5.74, 6) is -0.769. The van der Waals surface area contributed by atoms with Crippen molar-refractivity contribution in [3.05, 3.63) is 59.7 Å². The summed E-state index contributed by atoms with van der Waals surface area (Å²) in [6.45, 7) is -0.172. The van der Waals surface area contributed by atoms with Gasteiger partial charge in [-0.1, -0.05) is 0 Å². The summed E-state index contributed by atoms with van der Waals surface area (Å²) in [5, 5.41) is -1.56. The monoisotopic (exact) mass is 471 g/mol. The van der Waals surface area contributed by atoms with Gasteiger partial charge in [-0.25, -0.2) is 0 Å². The van der Waals surface area contributed by atoms with Gasteiger partial charge in [0.2, 0.25) is 0 Å². The van der Waals surface area contributed by atoms with Crippen molar-refractivity contribution >= 4 is 32.3 Å². The van der Waals surface area contributed by atoms with Crippen LogP contribution in [0.1, 0.15) is 22.3 Å². The number of anilines is 2. The first kappa shape index (κ1) is 22.1. The summed E-state index contributed by atoms with van der Waals surface area (Å²) in [7, 11) is 0. The van der Waals surface area contributed by atoms with Crippen molar-refractivity contribution in [3.8, 4) is 0 Å². The fraction of sp³-hybridized carbons (Fsp3) is 0.278. The van der Waals surface area contributed by atoms with Gasteiger partial charge in [-0.3, -0.25) is 0 Å². The standard InChI is InChI=1S/C18H15F6NO2Se/c19-17(20,21)12-5-3-6-13(11-12)25-15-8-2-1-7-14(15)16(26)27-9-4-10-28-18(22,23)24/h1-3,5-8,11,25H,4,9-10H2. The van der Waals surface area contributed by atoms with Crippen LogP contribution in [0.25, 0.3) is 0 Å². The molecule has 0 aliphatic rings. The molecule has 0 fully saturated rings. The Labute approximate surface area is 163 Å². The average molecular weight is 470 g/mol. The number of benzene rings is 2. The molecule has 2 rings (SSSR count). The van der Waals surface area contributed by atoms with Crippen molar-refractivity contribution in [1.82, 2.24) is 0 Å². The summed E-state index contributed by atoms with van der Waals surface area (Å²) in [4.78, 5) is 12.2. The number of rotatable bonds is 7. The number of hydrogen-bond acceptors (Lipinski definition) is 3. The molecule has 0 heterocycles. The number of hydrogen-bond donors (Lipinski definition) is 1. The topological polar surface area (TPSA) is 38.3 Å². The number of alkyl halides is 6. The van der Waals surface area contributed by atoms with Crippen LogP contribution in [0.4, 0.5) is 37.7 Å². The maximum atomic E-state index is 12.8. The third kappa shape index (κ3) is 7.09. The molecule has 0 saturated heterocycles. The molecule has 10 heteroatoms. The number of esters is 1. The van der Waals surface area contributed by atoms with Crippen LogP contribution < -0.4 is 5.32 Å². The molecule has 28 heavy (non-hydrogen) atoms. The molecule has 0 unspecified atom stereocenters. The van der Waals surface area contributed by atoms with Crippen molar-refractivity contribution in [1.29, 1.82) is 0 Å². The van der Waals surface area contributed by atoms with Crippen LogP contribution in [-0.4, -0.2) is 32.6 Å². The number of carbonyl (C=O) groups is 1. The van der Waals surface area contributed by atoms with Crippen LogP contribution in [0.15, 0.2) is 48.5 Å². The Balaban J connectivity index is 2.02. The van der Waals surface area contributed by atoms with Gasteiger partial charge >= 0.3 is 150 Å². The van der Waals surface area contributed by atoms with E-state index in [0.717, 1.165) is 12.1 Å². The van der Waals surface area contributed by atoms with Gasteiger partial charge in [-0.05, 0) is 0 Å². The Kier molecular flexibility index (Phi) is 7.37. The van der Waals surface area contributed by atoms with Gasteiger partial charge in [-0.2, -0.15) is 13.2 Å². The van der Waals surface area contributed by atoms with E-state index < -0.39 is 37.7 Å². The van der Waals surface area contributed by atoms with Crippen molar-refractivity contribution < 1.29 is 35.9 Å². The summed E-state index contributed by atoms with van der Waals surface area (Å²) in [6.07, 6.45) is -4.43. The molecule has 0 amide bonds. The normalized spacial score (nSPS) is 11.9. The summed E-state index contributed by atoms with van der Waals surface area (Å²) in [5.41, 5.74) is -0.417. The molecule has 0 aliphatic heterocycles. The molecule has 2 aromatic carbocycles. The number of halogens is 6. The third-order valence-corrected chi connectivity index (χ3v) is 5.12. The van der Waals surface area contributed by atoms with Gasteiger partial charge < -0.3 is 0 Å². The maximum absolute atomic E-state index is 12.8. The zero-order valence-electron chi connectivity index (χ0n) is 14.2. The second kappa shape index (κ2) is 9.34. The van der Waals surface area contributed by atoms with E-state index in [1.807, 2.05) is 0 Å². The number of nitrogens with one attached hydrogen (secondary N) is 1. The zero-order chi connectivity index (χ0) is 20.8. The van der Waals surface area contributed by atoms with E-state index in [1.54, 1.807) is 12.1 Å². The van der Waals surface area contributed by atoms with E-state index >= 15 is 0 Å². The second-order valence-corrected chi connectivity index (χ2v) is 7.97. The predicted molar refractivity (Wildman–Crippen MR) is 92.7 cm³/mol. The van der Waals surface area contributed by atoms with E-state index in [0.29, 0.717) is 0 Å². The summed E-state index contributed by atoms with van der Waals surface area (Å²) in [6, 6.07) is 10.5. The number of ether oxygens (including phenoxy) is 1. The number of carbonyl (C=O) groups excluding carboxylic acids is 1. The molecule has 0 atom stereocenters. The Morgan fingerprint density at radius 3 is 2.39 bits per heavy atom. The molecule has 0 bridgehead atoms. The van der Waals surface area contributed by atoms with Gasteiger partial charge in [-0.15, -0.1) is 0 Å². The van der Waals surface area contributed by atoms with Crippen LogP contribution in [0.3, 0.4) is 0 Å². The molecular weight excluding hydrogens is 455 g/mol. The fourth-order valence-corrected chi connectivity index (χ4v) is 3.22. The molecule has 0 radical (unpaired) electrons. The average Bonchev–Trinajstić information content (AvgIpc) is 2.60. The van der Waals surface area contributed by atoms with Crippen LogP contribution in [0.2, 0.25) is 5.32 Å². The van der Waals surface area contributed by atoms with Crippen molar-refractivity contribution in [3.63, 3.8) is 0 Å². The summed E-state index contributed by atoms with van der Waals surface area (Å²) < 4.78 is 79.8. The molecule has 3 nitrogen and oxygen atoms in total. The number of para-hydroxylation sites is 1. The van der Waals surface area contributed by atoms with Gasteiger partial charge in [0.15, 0.2) is 0 Å². The van der Waals surface area contributed by atoms with E-state index in [9.17, 15) is 31.1 Å². The molecule has 0 spiro atoms. The quantitative estimate of drug-likeness (QED) is 0.247. The van der Waals surface area contributed by atoms with Crippen molar-refractivity contribution in [2.75, 3.05) is 11.9 Å². The minimum absolute atomic E-state index is 0.0706. The molecule has 152 valence electrons. The Morgan fingerprint density at radius 1 is 1.00 bits per heavy atom. The third-order valence-electron chi connectivity index (χ3n) is 3.40. The Hall–Kier alpha value is -2.19. The SMILES string of the molecule is O=C(OCCC[Se]C(F)(F)F)c1ccccc1Nc1cccc(C(F)(F)F)c1. The van der Waals surface area contributed by atoms with E-state index in [4.69, 9.17) is 4.74 Å². The van der Waals surface area contributed by atoms with E-state index in [2.05, 4.69) is 5.32 Å². The first-order valence-corrected chi connectivity index (χ1v) is 10.0. The summed E-state index contributed by atoms with van der Waals surface area (Å²) >= 11 is -1.53. The Bertz CT molecular complexity index is 807. The van der Waals surface area contributed by atoms with Gasteiger partial charge in [0, 0.05) is 0 Å². The van der Waals surface area contributed by atoms with Crippen molar-refractivity contribution in [2.24, 2.45) is 0 Å². The van der Waals surface area contributed by atoms with Crippen LogP contribution in [-0.2, 0) is 10.9 Å². The molecule has 0 saturated carbocycles. The molecule has 0 aromatic heterocycles. The molecule has 1 N–H and O–H groups in total. The molecule has 0 aliphatic carbocycles. The van der Waals surface area contributed by atoms with Gasteiger partial charge in [0.05, 0.1) is 0 Å². The van der Waals surface area contributed by atoms with Crippen LogP contribution in [0.5, 0.6) is 0 Å². The zero-order valence-corrected chi connectivity index (χ0v) is 15.9. The second-order valence-electron chi connectivity index (χ2n) is 5.53. The van der Waals surface area contributed by atoms with Crippen LogP contribution >= 0.6 is 0 Å². The first-order chi connectivity index (χ1) is 13.1. The van der Waals surface area contributed by atoms with Gasteiger partial charge in [0.25, 0.3) is 0 Å². The van der Waals surface area contributed by atoms with E-state index in [1.165, 1.54) is 24.3 Å². The van der Waals surface area contributed by atoms with E-state index in [-0.39, 0.29) is 35.3 Å². The van der Waals surface area contributed by atoms with Crippen LogP contribution in [0, 0.1) is 0 Å². The molecule has 2 aromatic rings. The molecular formula is C18H15F6NO2Se. The first-order valence-electron chi connectivity index (χ1n) is 7.97. The van der Waals surface area contributed by atoms with Gasteiger partial charge in [0.1, 0.15) is 0 Å². The predicted octanol–water partition coefficient (Wildman–Crippen LogP) is 5.64. The Morgan fingerprint density at radius 2 is 1.71 bits per heavy atom. The van der Waals surface area contributed by atoms with Crippen molar-refractivity contribution in [2.45, 2.75) is 23.0 Å². The fourth-order valence-electron chi connectivity index (χ4n) is 2.19. The minimum atomic E-state index is -4.51.